The molecule has 1 N–H and O–H groups in total. The van der Waals surface area contributed by atoms with Crippen molar-refractivity contribution in [3.63, 3.8) is 0 Å². The third-order valence-electron chi connectivity index (χ3n) is 4.03. The van der Waals surface area contributed by atoms with E-state index >= 15 is 0 Å². The number of hydrazone groups is 1. The Bertz CT molecular complexity index is 831. The van der Waals surface area contributed by atoms with Crippen molar-refractivity contribution in [2.24, 2.45) is 5.10 Å². The van der Waals surface area contributed by atoms with E-state index in [2.05, 4.69) is 24.4 Å². The number of carbonyl (C=O) groups excluding carboxylic acids is 1. The number of rotatable bonds is 6. The maximum Gasteiger partial charge on any atom is 0.277 e. The summed E-state index contributed by atoms with van der Waals surface area (Å²) in [6.07, 6.45) is 1.54. The number of nitrogens with one attached hydrogen (secondary N) is 1. The van der Waals surface area contributed by atoms with Gasteiger partial charge in [0.2, 0.25) is 6.79 Å². The molecule has 0 atom stereocenters. The van der Waals surface area contributed by atoms with Crippen LogP contribution in [0.15, 0.2) is 41.5 Å². The van der Waals surface area contributed by atoms with E-state index in [1.54, 1.807) is 18.3 Å². The third kappa shape index (κ3) is 4.33. The van der Waals surface area contributed by atoms with Gasteiger partial charge in [-0.2, -0.15) is 5.10 Å². The summed E-state index contributed by atoms with van der Waals surface area (Å²) in [5.41, 5.74) is 5.67. The molecule has 1 amide bonds. The highest BCUT2D eigenvalue weighted by Crippen LogP contribution is 2.31. The Morgan fingerprint density at radius 2 is 2.04 bits per heavy atom. The molecule has 0 spiro atoms. The summed E-state index contributed by atoms with van der Waals surface area (Å²) in [5, 5.41) is 3.93. The molecule has 1 aliphatic heterocycles. The van der Waals surface area contributed by atoms with Crippen molar-refractivity contribution in [2.75, 3.05) is 13.4 Å². The Morgan fingerprint density at radius 3 is 2.81 bits per heavy atom. The van der Waals surface area contributed by atoms with Gasteiger partial charge in [0.05, 0.1) is 6.21 Å². The van der Waals surface area contributed by atoms with Crippen LogP contribution in [0.2, 0.25) is 0 Å². The van der Waals surface area contributed by atoms with Crippen LogP contribution in [0.25, 0.3) is 0 Å². The summed E-state index contributed by atoms with van der Waals surface area (Å²) in [5.74, 6) is 2.18. The number of ether oxygens (including phenoxy) is 3. The second-order valence-corrected chi connectivity index (χ2v) is 6.37. The molecule has 0 fully saturated rings. The average molecular weight is 354 g/mol. The maximum absolute atomic E-state index is 11.9. The smallest absolute Gasteiger partial charge is 0.277 e. The molecule has 0 unspecified atom stereocenters. The van der Waals surface area contributed by atoms with Crippen molar-refractivity contribution in [1.82, 2.24) is 5.43 Å². The Morgan fingerprint density at radius 1 is 1.23 bits per heavy atom. The summed E-state index contributed by atoms with van der Waals surface area (Å²) in [6, 6.07) is 11.3. The first-order valence-corrected chi connectivity index (χ1v) is 8.48. The Kier molecular flexibility index (Phi) is 5.41. The highest BCUT2D eigenvalue weighted by atomic mass is 16.7. The van der Waals surface area contributed by atoms with Crippen LogP contribution in [0.4, 0.5) is 0 Å². The van der Waals surface area contributed by atoms with Gasteiger partial charge >= 0.3 is 0 Å². The van der Waals surface area contributed by atoms with E-state index in [0.29, 0.717) is 23.2 Å². The highest BCUT2D eigenvalue weighted by Gasteiger charge is 2.12. The van der Waals surface area contributed by atoms with E-state index in [0.717, 1.165) is 11.1 Å². The SMILES string of the molecule is Cc1cc(OCC(=O)N/N=C/c2ccc3c(c2)OCO3)ccc1C(C)C. The molecule has 0 saturated carbocycles. The van der Waals surface area contributed by atoms with Crippen molar-refractivity contribution in [1.29, 1.82) is 0 Å². The first-order chi connectivity index (χ1) is 12.5. The summed E-state index contributed by atoms with van der Waals surface area (Å²) in [6.45, 7) is 6.46. The van der Waals surface area contributed by atoms with Crippen LogP contribution in [-0.4, -0.2) is 25.5 Å². The zero-order valence-corrected chi connectivity index (χ0v) is 15.1. The molecule has 6 heteroatoms. The second-order valence-electron chi connectivity index (χ2n) is 6.37. The van der Waals surface area contributed by atoms with Crippen molar-refractivity contribution >= 4 is 12.1 Å². The predicted octanol–water partition coefficient (Wildman–Crippen LogP) is 3.38. The maximum atomic E-state index is 11.9. The van der Waals surface area contributed by atoms with Gasteiger partial charge in [0, 0.05) is 0 Å². The molecule has 26 heavy (non-hydrogen) atoms. The van der Waals surface area contributed by atoms with Gasteiger partial charge in [-0.05, 0) is 59.9 Å². The second kappa shape index (κ2) is 7.91. The highest BCUT2D eigenvalue weighted by molar-refractivity contribution is 5.83. The van der Waals surface area contributed by atoms with Gasteiger partial charge in [-0.15, -0.1) is 0 Å². The lowest BCUT2D eigenvalue weighted by molar-refractivity contribution is -0.123. The van der Waals surface area contributed by atoms with Gasteiger partial charge in [0.1, 0.15) is 5.75 Å². The molecule has 0 radical (unpaired) electrons. The molecule has 3 rings (SSSR count). The lowest BCUT2D eigenvalue weighted by Crippen LogP contribution is -2.24. The van der Waals surface area contributed by atoms with Gasteiger partial charge in [-0.25, -0.2) is 5.43 Å². The minimum atomic E-state index is -0.326. The number of fused-ring (bicyclic) bond motifs is 1. The first-order valence-electron chi connectivity index (χ1n) is 8.48. The summed E-state index contributed by atoms with van der Waals surface area (Å²) >= 11 is 0. The zero-order chi connectivity index (χ0) is 18.5. The summed E-state index contributed by atoms with van der Waals surface area (Å²) in [7, 11) is 0. The Hall–Kier alpha value is -3.02. The molecular weight excluding hydrogens is 332 g/mol. The summed E-state index contributed by atoms with van der Waals surface area (Å²) < 4.78 is 16.1. The zero-order valence-electron chi connectivity index (χ0n) is 15.1. The largest absolute Gasteiger partial charge is 0.484 e. The lowest BCUT2D eigenvalue weighted by atomic mass is 9.98. The standard InChI is InChI=1S/C20H22N2O4/c1-13(2)17-6-5-16(8-14(17)3)24-11-20(23)22-21-10-15-4-7-18-19(9-15)26-12-25-18/h4-10,13H,11-12H2,1-3H3,(H,22,23)/b21-10+. The molecule has 2 aromatic carbocycles. The number of benzene rings is 2. The molecule has 136 valence electrons. The quantitative estimate of drug-likeness (QED) is 0.638. The van der Waals surface area contributed by atoms with E-state index in [1.165, 1.54) is 5.56 Å². The fourth-order valence-corrected chi connectivity index (χ4v) is 2.74. The topological polar surface area (TPSA) is 69.2 Å². The van der Waals surface area contributed by atoms with Crippen LogP contribution < -0.4 is 19.6 Å². The van der Waals surface area contributed by atoms with E-state index in [1.807, 2.05) is 31.2 Å². The van der Waals surface area contributed by atoms with Crippen molar-refractivity contribution in [2.45, 2.75) is 26.7 Å². The number of nitrogens with zero attached hydrogens (tertiary/aromatic N) is 1. The molecular formula is C20H22N2O4. The molecule has 2 aromatic rings. The molecule has 0 aromatic heterocycles. The molecule has 1 aliphatic rings. The third-order valence-corrected chi connectivity index (χ3v) is 4.03. The van der Waals surface area contributed by atoms with Gasteiger partial charge in [-0.3, -0.25) is 4.79 Å². The van der Waals surface area contributed by atoms with E-state index in [9.17, 15) is 4.79 Å². The van der Waals surface area contributed by atoms with Gasteiger partial charge in [0.25, 0.3) is 5.91 Å². The number of hydrogen-bond donors (Lipinski definition) is 1. The number of aryl methyl sites for hydroxylation is 1. The van der Waals surface area contributed by atoms with Crippen LogP contribution >= 0.6 is 0 Å². The van der Waals surface area contributed by atoms with Crippen LogP contribution in [0.1, 0.15) is 36.5 Å². The van der Waals surface area contributed by atoms with E-state index in [4.69, 9.17) is 14.2 Å². The Labute approximate surface area is 152 Å². The average Bonchev–Trinajstić information content (AvgIpc) is 3.07. The van der Waals surface area contributed by atoms with Crippen LogP contribution in [0.3, 0.4) is 0 Å². The first kappa shape index (κ1) is 17.8. The molecule has 0 aliphatic carbocycles. The van der Waals surface area contributed by atoms with Crippen molar-refractivity contribution in [3.8, 4) is 17.2 Å². The minimum absolute atomic E-state index is 0.0983. The number of carbonyl (C=O) groups is 1. The molecule has 1 heterocycles. The predicted molar refractivity (Wildman–Crippen MR) is 99.1 cm³/mol. The van der Waals surface area contributed by atoms with E-state index < -0.39 is 0 Å². The molecule has 0 bridgehead atoms. The Balaban J connectivity index is 1.49. The fraction of sp³-hybridized carbons (Fsp3) is 0.300. The normalized spacial score (nSPS) is 12.6. The fourth-order valence-electron chi connectivity index (χ4n) is 2.74. The van der Waals surface area contributed by atoms with Gasteiger partial charge < -0.3 is 14.2 Å². The van der Waals surface area contributed by atoms with Gasteiger partial charge in [-0.1, -0.05) is 19.9 Å². The van der Waals surface area contributed by atoms with E-state index in [-0.39, 0.29) is 19.3 Å². The van der Waals surface area contributed by atoms with Gasteiger partial charge in [0.15, 0.2) is 18.1 Å². The monoisotopic (exact) mass is 354 g/mol. The van der Waals surface area contributed by atoms with Crippen molar-refractivity contribution < 1.29 is 19.0 Å². The number of hydrogen-bond acceptors (Lipinski definition) is 5. The van der Waals surface area contributed by atoms with Crippen LogP contribution in [-0.2, 0) is 4.79 Å². The van der Waals surface area contributed by atoms with Crippen LogP contribution in [0, 0.1) is 6.92 Å². The van der Waals surface area contributed by atoms with Crippen molar-refractivity contribution in [3.05, 3.63) is 53.1 Å². The van der Waals surface area contributed by atoms with Crippen LogP contribution in [0.5, 0.6) is 17.2 Å². The summed E-state index contributed by atoms with van der Waals surface area (Å²) in [4.78, 5) is 11.9. The molecule has 6 nitrogen and oxygen atoms in total. The molecule has 0 saturated heterocycles. The minimum Gasteiger partial charge on any atom is -0.484 e. The number of amides is 1. The lowest BCUT2D eigenvalue weighted by Gasteiger charge is -2.12.